The van der Waals surface area contributed by atoms with Crippen LogP contribution >= 0.6 is 22.9 Å². The van der Waals surface area contributed by atoms with Crippen molar-refractivity contribution in [2.75, 3.05) is 6.54 Å². The summed E-state index contributed by atoms with van der Waals surface area (Å²) in [6.45, 7) is 2.62. The fraction of sp³-hybridized carbons (Fsp3) is 0.286. The van der Waals surface area contributed by atoms with Gasteiger partial charge >= 0.3 is 0 Å². The SMILES string of the molecule is CC(NCC(O)c1ccsc1)c1ccc(Cl)cc1. The molecule has 1 aromatic heterocycles. The zero-order valence-corrected chi connectivity index (χ0v) is 11.7. The summed E-state index contributed by atoms with van der Waals surface area (Å²) in [6.07, 6.45) is -0.453. The Balaban J connectivity index is 1.88. The lowest BCUT2D eigenvalue weighted by atomic mass is 10.1. The van der Waals surface area contributed by atoms with Gasteiger partial charge in [0.05, 0.1) is 6.10 Å². The Kier molecular flexibility index (Phi) is 4.78. The molecule has 0 amide bonds. The first-order valence-corrected chi connectivity index (χ1v) is 7.18. The largest absolute Gasteiger partial charge is 0.387 e. The van der Waals surface area contributed by atoms with Crippen molar-refractivity contribution in [3.8, 4) is 0 Å². The van der Waals surface area contributed by atoms with Crippen molar-refractivity contribution in [1.29, 1.82) is 0 Å². The molecule has 0 spiro atoms. The standard InChI is InChI=1S/C14H16ClNOS/c1-10(11-2-4-13(15)5-3-11)16-8-14(17)12-6-7-18-9-12/h2-7,9-10,14,16-17H,8H2,1H3. The van der Waals surface area contributed by atoms with Crippen LogP contribution in [0.5, 0.6) is 0 Å². The van der Waals surface area contributed by atoms with Gasteiger partial charge in [-0.1, -0.05) is 23.7 Å². The average Bonchev–Trinajstić information content (AvgIpc) is 2.90. The van der Waals surface area contributed by atoms with Crippen LogP contribution < -0.4 is 5.32 Å². The Morgan fingerprint density at radius 1 is 1.22 bits per heavy atom. The highest BCUT2D eigenvalue weighted by atomic mass is 35.5. The number of rotatable bonds is 5. The number of aliphatic hydroxyl groups excluding tert-OH is 1. The second kappa shape index (κ2) is 6.34. The summed E-state index contributed by atoms with van der Waals surface area (Å²) >= 11 is 7.45. The Bertz CT molecular complexity index is 469. The Labute approximate surface area is 116 Å². The van der Waals surface area contributed by atoms with Gasteiger partial charge in [-0.05, 0) is 47.0 Å². The maximum atomic E-state index is 9.97. The molecule has 1 aromatic carbocycles. The Morgan fingerprint density at radius 2 is 1.94 bits per heavy atom. The van der Waals surface area contributed by atoms with Gasteiger partial charge in [-0.25, -0.2) is 0 Å². The van der Waals surface area contributed by atoms with Crippen LogP contribution in [0.4, 0.5) is 0 Å². The van der Waals surface area contributed by atoms with Crippen LogP contribution in [0.1, 0.15) is 30.2 Å². The minimum atomic E-state index is -0.453. The predicted octanol–water partition coefficient (Wildman–Crippen LogP) is 3.79. The number of thiophene rings is 1. The predicted molar refractivity (Wildman–Crippen MR) is 77.1 cm³/mol. The molecule has 2 nitrogen and oxygen atoms in total. The first-order chi connectivity index (χ1) is 8.66. The third-order valence-electron chi connectivity index (χ3n) is 2.92. The van der Waals surface area contributed by atoms with E-state index in [1.54, 1.807) is 11.3 Å². The molecular weight excluding hydrogens is 266 g/mol. The van der Waals surface area contributed by atoms with Crippen molar-refractivity contribution in [2.45, 2.75) is 19.1 Å². The molecule has 2 atom stereocenters. The minimum Gasteiger partial charge on any atom is -0.387 e. The molecular formula is C14H16ClNOS. The highest BCUT2D eigenvalue weighted by Crippen LogP contribution is 2.19. The number of nitrogens with one attached hydrogen (secondary N) is 1. The van der Waals surface area contributed by atoms with Gasteiger partial charge in [-0.2, -0.15) is 11.3 Å². The average molecular weight is 282 g/mol. The lowest BCUT2D eigenvalue weighted by Crippen LogP contribution is -2.24. The highest BCUT2D eigenvalue weighted by molar-refractivity contribution is 7.07. The van der Waals surface area contributed by atoms with Gasteiger partial charge in [0.15, 0.2) is 0 Å². The zero-order valence-electron chi connectivity index (χ0n) is 10.1. The van der Waals surface area contributed by atoms with Crippen LogP contribution in [0.2, 0.25) is 5.02 Å². The van der Waals surface area contributed by atoms with E-state index in [-0.39, 0.29) is 6.04 Å². The van der Waals surface area contributed by atoms with E-state index in [1.807, 2.05) is 41.1 Å². The first kappa shape index (κ1) is 13.6. The van der Waals surface area contributed by atoms with E-state index in [4.69, 9.17) is 11.6 Å². The Morgan fingerprint density at radius 3 is 2.56 bits per heavy atom. The molecule has 1 heterocycles. The minimum absolute atomic E-state index is 0.190. The summed E-state index contributed by atoms with van der Waals surface area (Å²) in [6, 6.07) is 9.89. The molecule has 0 saturated heterocycles. The van der Waals surface area contributed by atoms with Crippen molar-refractivity contribution in [2.24, 2.45) is 0 Å². The number of halogens is 1. The van der Waals surface area contributed by atoms with Crippen LogP contribution in [-0.2, 0) is 0 Å². The normalized spacial score (nSPS) is 14.4. The molecule has 18 heavy (non-hydrogen) atoms. The van der Waals surface area contributed by atoms with Gasteiger partial charge < -0.3 is 10.4 Å². The molecule has 0 radical (unpaired) electrons. The number of aliphatic hydroxyl groups is 1. The molecule has 2 N–H and O–H groups in total. The van der Waals surface area contributed by atoms with E-state index in [0.717, 1.165) is 16.1 Å². The third-order valence-corrected chi connectivity index (χ3v) is 3.87. The van der Waals surface area contributed by atoms with Crippen LogP contribution in [0.15, 0.2) is 41.1 Å². The van der Waals surface area contributed by atoms with Crippen LogP contribution in [0.3, 0.4) is 0 Å². The monoisotopic (exact) mass is 281 g/mol. The molecule has 0 fully saturated rings. The lowest BCUT2D eigenvalue weighted by Gasteiger charge is -2.17. The number of hydrogen-bond donors (Lipinski definition) is 2. The molecule has 2 rings (SSSR count). The topological polar surface area (TPSA) is 32.3 Å². The summed E-state index contributed by atoms with van der Waals surface area (Å²) in [5.41, 5.74) is 2.13. The van der Waals surface area contributed by atoms with Crippen LogP contribution in [0, 0.1) is 0 Å². The molecule has 0 saturated carbocycles. The van der Waals surface area contributed by atoms with Crippen molar-refractivity contribution < 1.29 is 5.11 Å². The van der Waals surface area contributed by atoms with Crippen LogP contribution in [-0.4, -0.2) is 11.7 Å². The van der Waals surface area contributed by atoms with E-state index < -0.39 is 6.10 Å². The van der Waals surface area contributed by atoms with Crippen LogP contribution in [0.25, 0.3) is 0 Å². The van der Waals surface area contributed by atoms with Crippen molar-refractivity contribution >= 4 is 22.9 Å². The second-order valence-electron chi connectivity index (χ2n) is 4.25. The molecule has 96 valence electrons. The molecule has 0 aliphatic rings. The lowest BCUT2D eigenvalue weighted by molar-refractivity contribution is 0.171. The van der Waals surface area contributed by atoms with Crippen molar-refractivity contribution in [3.05, 3.63) is 57.2 Å². The molecule has 0 bridgehead atoms. The van der Waals surface area contributed by atoms with E-state index in [0.29, 0.717) is 6.54 Å². The van der Waals surface area contributed by atoms with E-state index in [2.05, 4.69) is 12.2 Å². The highest BCUT2D eigenvalue weighted by Gasteiger charge is 2.10. The molecule has 2 unspecified atom stereocenters. The van der Waals surface area contributed by atoms with Gasteiger partial charge in [0.1, 0.15) is 0 Å². The Hall–Kier alpha value is -0.870. The third kappa shape index (κ3) is 3.56. The van der Waals surface area contributed by atoms with E-state index >= 15 is 0 Å². The quantitative estimate of drug-likeness (QED) is 0.874. The fourth-order valence-corrected chi connectivity index (χ4v) is 2.57. The van der Waals surface area contributed by atoms with Gasteiger partial charge in [-0.3, -0.25) is 0 Å². The van der Waals surface area contributed by atoms with Gasteiger partial charge in [-0.15, -0.1) is 0 Å². The summed E-state index contributed by atoms with van der Waals surface area (Å²) in [5, 5.41) is 18.0. The maximum absolute atomic E-state index is 9.97. The van der Waals surface area contributed by atoms with E-state index in [9.17, 15) is 5.11 Å². The van der Waals surface area contributed by atoms with Crippen molar-refractivity contribution in [3.63, 3.8) is 0 Å². The number of hydrogen-bond acceptors (Lipinski definition) is 3. The van der Waals surface area contributed by atoms with Gasteiger partial charge in [0, 0.05) is 17.6 Å². The molecule has 0 aliphatic carbocycles. The van der Waals surface area contributed by atoms with E-state index in [1.165, 1.54) is 0 Å². The van der Waals surface area contributed by atoms with Gasteiger partial charge in [0.25, 0.3) is 0 Å². The summed E-state index contributed by atoms with van der Waals surface area (Å²) < 4.78 is 0. The first-order valence-electron chi connectivity index (χ1n) is 5.86. The molecule has 0 aliphatic heterocycles. The fourth-order valence-electron chi connectivity index (χ4n) is 1.74. The van der Waals surface area contributed by atoms with Gasteiger partial charge in [0.2, 0.25) is 0 Å². The number of benzene rings is 1. The summed E-state index contributed by atoms with van der Waals surface area (Å²) in [4.78, 5) is 0. The second-order valence-corrected chi connectivity index (χ2v) is 5.47. The smallest absolute Gasteiger partial charge is 0.0922 e. The van der Waals surface area contributed by atoms with Crippen molar-refractivity contribution in [1.82, 2.24) is 5.32 Å². The zero-order chi connectivity index (χ0) is 13.0. The molecule has 2 aromatic rings. The summed E-state index contributed by atoms with van der Waals surface area (Å²) in [7, 11) is 0. The summed E-state index contributed by atoms with van der Waals surface area (Å²) in [5.74, 6) is 0. The maximum Gasteiger partial charge on any atom is 0.0922 e. The molecule has 4 heteroatoms.